The molecule has 1 N–H and O–H groups in total. The number of hydrogen-bond acceptors (Lipinski definition) is 4. The third kappa shape index (κ3) is 15.4. The number of carbonyl (C=O) groups excluding carboxylic acids is 1. The van der Waals surface area contributed by atoms with E-state index >= 15 is 0 Å². The van der Waals surface area contributed by atoms with Crippen LogP contribution in [0.3, 0.4) is 0 Å². The third-order valence-corrected chi connectivity index (χ3v) is 3.23. The van der Waals surface area contributed by atoms with Gasteiger partial charge in [-0.1, -0.05) is 32.6 Å². The van der Waals surface area contributed by atoms with Crippen LogP contribution in [0.4, 0.5) is 0 Å². The minimum absolute atomic E-state index is 0.0306. The normalized spacial score (nSPS) is 11.0. The molecule has 0 saturated heterocycles. The lowest BCUT2D eigenvalue weighted by atomic mass is 10.1. The number of esters is 1. The van der Waals surface area contributed by atoms with Crippen LogP contribution in [-0.2, 0) is 9.53 Å². The first-order chi connectivity index (χ1) is 9.66. The molecule has 0 spiro atoms. The minimum atomic E-state index is -0.0306. The zero-order chi connectivity index (χ0) is 15.1. The Kier molecular flexibility index (Phi) is 14.3. The first-order valence-electron chi connectivity index (χ1n) is 8.18. The maximum atomic E-state index is 11.3. The molecular weight excluding hydrogens is 252 g/mol. The van der Waals surface area contributed by atoms with E-state index in [0.717, 1.165) is 38.9 Å². The number of carbonyl (C=O) groups is 1. The molecule has 20 heavy (non-hydrogen) atoms. The zero-order valence-corrected chi connectivity index (χ0v) is 13.7. The van der Waals surface area contributed by atoms with Crippen molar-refractivity contribution >= 4 is 5.97 Å². The molecule has 0 aromatic carbocycles. The van der Waals surface area contributed by atoms with Gasteiger partial charge in [-0.25, -0.2) is 0 Å². The van der Waals surface area contributed by atoms with Crippen LogP contribution in [0.15, 0.2) is 0 Å². The summed E-state index contributed by atoms with van der Waals surface area (Å²) in [6.45, 7) is 5.97. The average molecular weight is 286 g/mol. The second kappa shape index (κ2) is 14.8. The Morgan fingerprint density at radius 2 is 1.70 bits per heavy atom. The van der Waals surface area contributed by atoms with Gasteiger partial charge in [0.05, 0.1) is 6.61 Å². The van der Waals surface area contributed by atoms with Gasteiger partial charge < -0.3 is 15.0 Å². The number of likely N-dealkylation sites (N-methyl/N-ethyl adjacent to an activating group) is 1. The number of rotatable bonds is 14. The second-order valence-electron chi connectivity index (χ2n) is 5.65. The lowest BCUT2D eigenvalue weighted by molar-refractivity contribution is -0.143. The van der Waals surface area contributed by atoms with Crippen LogP contribution in [-0.4, -0.2) is 51.2 Å². The molecule has 0 aromatic heterocycles. The highest BCUT2D eigenvalue weighted by Gasteiger charge is 2.00. The Morgan fingerprint density at radius 1 is 1.00 bits per heavy atom. The highest BCUT2D eigenvalue weighted by molar-refractivity contribution is 5.69. The van der Waals surface area contributed by atoms with Crippen LogP contribution >= 0.6 is 0 Å². The van der Waals surface area contributed by atoms with Crippen molar-refractivity contribution in [2.75, 3.05) is 40.3 Å². The van der Waals surface area contributed by atoms with Crippen LogP contribution in [0.2, 0.25) is 0 Å². The summed E-state index contributed by atoms with van der Waals surface area (Å²) in [4.78, 5) is 13.4. The summed E-state index contributed by atoms with van der Waals surface area (Å²) in [6, 6.07) is 0. The molecule has 0 amide bonds. The summed E-state index contributed by atoms with van der Waals surface area (Å²) < 4.78 is 5.17. The fourth-order valence-electron chi connectivity index (χ4n) is 1.89. The SMILES string of the molecule is CCCCC(=O)OCCCCCCCNCCN(C)C. The van der Waals surface area contributed by atoms with Gasteiger partial charge in [0, 0.05) is 19.5 Å². The van der Waals surface area contributed by atoms with Gasteiger partial charge in [-0.15, -0.1) is 0 Å². The van der Waals surface area contributed by atoms with E-state index < -0.39 is 0 Å². The van der Waals surface area contributed by atoms with Gasteiger partial charge in [0.2, 0.25) is 0 Å². The Hall–Kier alpha value is -0.610. The Morgan fingerprint density at radius 3 is 2.40 bits per heavy atom. The van der Waals surface area contributed by atoms with Crippen LogP contribution in [0.5, 0.6) is 0 Å². The van der Waals surface area contributed by atoms with Gasteiger partial charge >= 0.3 is 5.97 Å². The quantitative estimate of drug-likeness (QED) is 0.394. The predicted molar refractivity (Wildman–Crippen MR) is 85.0 cm³/mol. The first kappa shape index (κ1) is 19.4. The average Bonchev–Trinajstić information content (AvgIpc) is 2.42. The summed E-state index contributed by atoms with van der Waals surface area (Å²) in [5, 5.41) is 3.44. The molecule has 0 heterocycles. The minimum Gasteiger partial charge on any atom is -0.466 e. The van der Waals surface area contributed by atoms with E-state index in [1.165, 1.54) is 25.7 Å². The van der Waals surface area contributed by atoms with Gasteiger partial charge in [-0.3, -0.25) is 4.79 Å². The molecule has 0 bridgehead atoms. The van der Waals surface area contributed by atoms with Gasteiger partial charge in [0.1, 0.15) is 0 Å². The summed E-state index contributed by atoms with van der Waals surface area (Å²) in [5.74, 6) is -0.0306. The Bertz CT molecular complexity index is 221. The maximum Gasteiger partial charge on any atom is 0.305 e. The lowest BCUT2D eigenvalue weighted by Gasteiger charge is -2.10. The monoisotopic (exact) mass is 286 g/mol. The smallest absolute Gasteiger partial charge is 0.305 e. The molecule has 120 valence electrons. The molecule has 4 heteroatoms. The molecule has 0 rings (SSSR count). The van der Waals surface area contributed by atoms with Crippen LogP contribution in [0, 0.1) is 0 Å². The fourth-order valence-corrected chi connectivity index (χ4v) is 1.89. The van der Waals surface area contributed by atoms with Crippen molar-refractivity contribution in [2.45, 2.75) is 58.3 Å². The molecule has 0 aromatic rings. The van der Waals surface area contributed by atoms with Crippen molar-refractivity contribution in [3.8, 4) is 0 Å². The van der Waals surface area contributed by atoms with Crippen molar-refractivity contribution in [2.24, 2.45) is 0 Å². The van der Waals surface area contributed by atoms with E-state index in [1.54, 1.807) is 0 Å². The molecule has 0 fully saturated rings. The van der Waals surface area contributed by atoms with Crippen molar-refractivity contribution < 1.29 is 9.53 Å². The predicted octanol–water partition coefficient (Wildman–Crippen LogP) is 2.82. The van der Waals surface area contributed by atoms with Gasteiger partial charge in [0.15, 0.2) is 0 Å². The second-order valence-corrected chi connectivity index (χ2v) is 5.65. The number of ether oxygens (including phenoxy) is 1. The largest absolute Gasteiger partial charge is 0.466 e. The summed E-state index contributed by atoms with van der Waals surface area (Å²) in [6.07, 6.45) is 8.49. The van der Waals surface area contributed by atoms with Crippen LogP contribution < -0.4 is 5.32 Å². The number of unbranched alkanes of at least 4 members (excludes halogenated alkanes) is 5. The van der Waals surface area contributed by atoms with E-state index in [1.807, 2.05) is 0 Å². The first-order valence-corrected chi connectivity index (χ1v) is 8.18. The lowest BCUT2D eigenvalue weighted by Crippen LogP contribution is -2.27. The fraction of sp³-hybridized carbons (Fsp3) is 0.938. The van der Waals surface area contributed by atoms with E-state index in [2.05, 4.69) is 31.2 Å². The molecule has 0 aliphatic rings. The zero-order valence-electron chi connectivity index (χ0n) is 13.7. The summed E-state index contributed by atoms with van der Waals surface area (Å²) >= 11 is 0. The van der Waals surface area contributed by atoms with Crippen molar-refractivity contribution in [3.05, 3.63) is 0 Å². The highest BCUT2D eigenvalue weighted by Crippen LogP contribution is 2.04. The Balaban J connectivity index is 3.08. The molecular formula is C16H34N2O2. The number of nitrogens with one attached hydrogen (secondary N) is 1. The van der Waals surface area contributed by atoms with Gasteiger partial charge in [-0.2, -0.15) is 0 Å². The molecule has 0 unspecified atom stereocenters. The topological polar surface area (TPSA) is 41.6 Å². The number of nitrogens with zero attached hydrogens (tertiary/aromatic N) is 1. The Labute approximate surface area is 125 Å². The molecule has 0 radical (unpaired) electrons. The van der Waals surface area contributed by atoms with E-state index in [4.69, 9.17) is 4.74 Å². The molecule has 0 aliphatic heterocycles. The molecule has 0 aliphatic carbocycles. The van der Waals surface area contributed by atoms with E-state index in [-0.39, 0.29) is 5.97 Å². The summed E-state index contributed by atoms with van der Waals surface area (Å²) in [5.41, 5.74) is 0. The standard InChI is InChI=1S/C16H34N2O2/c1-4-5-11-16(19)20-15-10-8-6-7-9-12-17-13-14-18(2)3/h17H,4-15H2,1-3H3. The maximum absolute atomic E-state index is 11.3. The highest BCUT2D eigenvalue weighted by atomic mass is 16.5. The molecule has 0 saturated carbocycles. The number of hydrogen-bond donors (Lipinski definition) is 1. The van der Waals surface area contributed by atoms with Crippen molar-refractivity contribution in [1.29, 1.82) is 0 Å². The summed E-state index contributed by atoms with van der Waals surface area (Å²) in [7, 11) is 4.19. The van der Waals surface area contributed by atoms with Crippen molar-refractivity contribution in [3.63, 3.8) is 0 Å². The van der Waals surface area contributed by atoms with Crippen LogP contribution in [0.1, 0.15) is 58.3 Å². The van der Waals surface area contributed by atoms with Crippen LogP contribution in [0.25, 0.3) is 0 Å². The van der Waals surface area contributed by atoms with Gasteiger partial charge in [-0.05, 0) is 39.9 Å². The van der Waals surface area contributed by atoms with Gasteiger partial charge in [0.25, 0.3) is 0 Å². The molecule has 0 atom stereocenters. The van der Waals surface area contributed by atoms with E-state index in [9.17, 15) is 4.79 Å². The van der Waals surface area contributed by atoms with Crippen molar-refractivity contribution in [1.82, 2.24) is 10.2 Å². The van der Waals surface area contributed by atoms with E-state index in [0.29, 0.717) is 13.0 Å². The molecule has 4 nitrogen and oxygen atoms in total. The third-order valence-electron chi connectivity index (χ3n) is 3.23.